The fraction of sp³-hybridized carbons (Fsp3) is 0.647. The molecule has 0 radical (unpaired) electrons. The summed E-state index contributed by atoms with van der Waals surface area (Å²) in [6.07, 6.45) is 1.99. The van der Waals surface area contributed by atoms with Crippen LogP contribution in [0.1, 0.15) is 45.2 Å². The van der Waals surface area contributed by atoms with Crippen LogP contribution in [0.4, 0.5) is 0 Å². The van der Waals surface area contributed by atoms with Crippen LogP contribution in [0.3, 0.4) is 0 Å². The van der Waals surface area contributed by atoms with E-state index in [0.717, 1.165) is 44.2 Å². The van der Waals surface area contributed by atoms with Crippen molar-refractivity contribution in [3.63, 3.8) is 0 Å². The lowest BCUT2D eigenvalue weighted by molar-refractivity contribution is -0.00926. The Morgan fingerprint density at radius 3 is 2.38 bits per heavy atom. The highest BCUT2D eigenvalue weighted by Crippen LogP contribution is 2.31. The molecule has 2 rings (SSSR count). The van der Waals surface area contributed by atoms with Crippen molar-refractivity contribution in [2.24, 2.45) is 0 Å². The molecule has 1 N–H and O–H groups in total. The lowest BCUT2D eigenvalue weighted by atomic mass is 10.1. The quantitative estimate of drug-likeness (QED) is 0.758. The second kappa shape index (κ2) is 8.25. The van der Waals surface area contributed by atoms with Gasteiger partial charge in [0, 0.05) is 6.04 Å². The molecule has 1 saturated heterocycles. The lowest BCUT2D eigenvalue weighted by Crippen LogP contribution is -2.46. The number of hydrogen-bond acceptors (Lipinski definition) is 4. The predicted octanol–water partition coefficient (Wildman–Crippen LogP) is 3.31. The first kappa shape index (κ1) is 16.1. The minimum atomic E-state index is 0.281. The Bertz CT molecular complexity index is 432. The molecule has 21 heavy (non-hydrogen) atoms. The van der Waals surface area contributed by atoms with Gasteiger partial charge < -0.3 is 19.5 Å². The first-order chi connectivity index (χ1) is 10.2. The lowest BCUT2D eigenvalue weighted by Gasteiger charge is -2.30. The van der Waals surface area contributed by atoms with Gasteiger partial charge in [-0.1, -0.05) is 19.9 Å². The molecule has 1 unspecified atom stereocenters. The van der Waals surface area contributed by atoms with E-state index < -0.39 is 0 Å². The first-order valence-electron chi connectivity index (χ1n) is 7.98. The molecule has 1 aromatic rings. The highest BCUT2D eigenvalue weighted by Gasteiger charge is 2.21. The molecule has 1 aliphatic rings. The third-order valence-electron chi connectivity index (χ3n) is 3.51. The second-order valence-electron chi connectivity index (χ2n) is 5.53. The van der Waals surface area contributed by atoms with Crippen LogP contribution in [0.2, 0.25) is 0 Å². The Morgan fingerprint density at radius 2 is 1.81 bits per heavy atom. The predicted molar refractivity (Wildman–Crippen MR) is 84.2 cm³/mol. The molecule has 1 fully saturated rings. The summed E-state index contributed by atoms with van der Waals surface area (Å²) in [6.45, 7) is 9.43. The third-order valence-corrected chi connectivity index (χ3v) is 3.51. The molecule has 4 nitrogen and oxygen atoms in total. The summed E-state index contributed by atoms with van der Waals surface area (Å²) in [5.74, 6) is 1.69. The van der Waals surface area contributed by atoms with Crippen LogP contribution in [0, 0.1) is 0 Å². The van der Waals surface area contributed by atoms with Crippen LogP contribution < -0.4 is 14.8 Å². The zero-order valence-corrected chi connectivity index (χ0v) is 13.4. The van der Waals surface area contributed by atoms with Crippen molar-refractivity contribution < 1.29 is 14.2 Å². The Labute approximate surface area is 127 Å². The molecule has 1 aliphatic heterocycles. The Hall–Kier alpha value is -1.26. The van der Waals surface area contributed by atoms with E-state index in [1.165, 1.54) is 5.56 Å². The zero-order chi connectivity index (χ0) is 15.1. The average molecular weight is 293 g/mol. The highest BCUT2D eigenvalue weighted by atomic mass is 16.5. The third kappa shape index (κ3) is 4.61. The van der Waals surface area contributed by atoms with Crippen LogP contribution in [0.5, 0.6) is 11.5 Å². The number of hydrogen-bond donors (Lipinski definition) is 1. The summed E-state index contributed by atoms with van der Waals surface area (Å²) in [5, 5.41) is 3.56. The van der Waals surface area contributed by atoms with E-state index in [4.69, 9.17) is 14.2 Å². The van der Waals surface area contributed by atoms with Gasteiger partial charge in [0.25, 0.3) is 0 Å². The molecule has 4 heteroatoms. The summed E-state index contributed by atoms with van der Waals surface area (Å²) in [6, 6.07) is 6.98. The molecule has 0 amide bonds. The zero-order valence-electron chi connectivity index (χ0n) is 13.4. The maximum absolute atomic E-state index is 5.84. The van der Waals surface area contributed by atoms with Crippen LogP contribution in [0.15, 0.2) is 18.2 Å². The number of ether oxygens (including phenoxy) is 3. The van der Waals surface area contributed by atoms with Gasteiger partial charge in [0.05, 0.1) is 32.5 Å². The van der Waals surface area contributed by atoms with Gasteiger partial charge in [0.2, 0.25) is 0 Å². The molecular formula is C17H27NO3. The number of rotatable bonds is 9. The van der Waals surface area contributed by atoms with Crippen molar-refractivity contribution in [2.45, 2.75) is 45.7 Å². The van der Waals surface area contributed by atoms with Gasteiger partial charge >= 0.3 is 0 Å². The molecule has 0 aliphatic carbocycles. The SMILES string of the molecule is CCCOc1ccc(C(C)NC2COC2)cc1OCCC. The summed E-state index contributed by atoms with van der Waals surface area (Å²) in [7, 11) is 0. The van der Waals surface area contributed by atoms with Gasteiger partial charge in [-0.15, -0.1) is 0 Å². The summed E-state index contributed by atoms with van der Waals surface area (Å²) < 4.78 is 16.8. The maximum Gasteiger partial charge on any atom is 0.161 e. The molecule has 1 atom stereocenters. The summed E-state index contributed by atoms with van der Waals surface area (Å²) >= 11 is 0. The van der Waals surface area contributed by atoms with Crippen molar-refractivity contribution in [3.8, 4) is 11.5 Å². The minimum absolute atomic E-state index is 0.281. The van der Waals surface area contributed by atoms with E-state index in [1.807, 2.05) is 6.07 Å². The van der Waals surface area contributed by atoms with Crippen LogP contribution in [-0.2, 0) is 4.74 Å². The summed E-state index contributed by atoms with van der Waals surface area (Å²) in [5.41, 5.74) is 1.22. The fourth-order valence-electron chi connectivity index (χ4n) is 2.23. The van der Waals surface area contributed by atoms with Crippen molar-refractivity contribution in [3.05, 3.63) is 23.8 Å². The van der Waals surface area contributed by atoms with E-state index in [1.54, 1.807) is 0 Å². The van der Waals surface area contributed by atoms with Crippen molar-refractivity contribution in [2.75, 3.05) is 26.4 Å². The van der Waals surface area contributed by atoms with Crippen LogP contribution in [0.25, 0.3) is 0 Å². The molecule has 0 bridgehead atoms. The Balaban J connectivity index is 2.06. The molecule has 1 heterocycles. The smallest absolute Gasteiger partial charge is 0.161 e. The average Bonchev–Trinajstić information content (AvgIpc) is 2.46. The van der Waals surface area contributed by atoms with Gasteiger partial charge in [-0.05, 0) is 37.5 Å². The molecule has 118 valence electrons. The van der Waals surface area contributed by atoms with Gasteiger partial charge in [-0.2, -0.15) is 0 Å². The van der Waals surface area contributed by atoms with E-state index >= 15 is 0 Å². The van der Waals surface area contributed by atoms with Crippen molar-refractivity contribution in [1.29, 1.82) is 0 Å². The molecule has 0 aromatic heterocycles. The number of benzene rings is 1. The highest BCUT2D eigenvalue weighted by molar-refractivity contribution is 5.44. The normalized spacial score (nSPS) is 16.3. The first-order valence-corrected chi connectivity index (χ1v) is 7.98. The van der Waals surface area contributed by atoms with Crippen LogP contribution in [-0.4, -0.2) is 32.5 Å². The van der Waals surface area contributed by atoms with Crippen molar-refractivity contribution >= 4 is 0 Å². The van der Waals surface area contributed by atoms with E-state index in [0.29, 0.717) is 12.6 Å². The van der Waals surface area contributed by atoms with E-state index in [2.05, 4.69) is 38.2 Å². The largest absolute Gasteiger partial charge is 0.490 e. The standard InChI is InChI=1S/C17H27NO3/c1-4-8-20-16-7-6-14(10-17(16)21-9-5-2)13(3)18-15-11-19-12-15/h6-7,10,13,15,18H,4-5,8-9,11-12H2,1-3H3. The number of nitrogens with one attached hydrogen (secondary N) is 1. The molecule has 0 saturated carbocycles. The second-order valence-corrected chi connectivity index (χ2v) is 5.53. The maximum atomic E-state index is 5.84. The molecule has 1 aromatic carbocycles. The van der Waals surface area contributed by atoms with Crippen molar-refractivity contribution in [1.82, 2.24) is 5.32 Å². The topological polar surface area (TPSA) is 39.7 Å². The summed E-state index contributed by atoms with van der Waals surface area (Å²) in [4.78, 5) is 0. The molecular weight excluding hydrogens is 266 g/mol. The van der Waals surface area contributed by atoms with Gasteiger partial charge in [0.15, 0.2) is 11.5 Å². The van der Waals surface area contributed by atoms with Gasteiger partial charge in [-0.25, -0.2) is 0 Å². The minimum Gasteiger partial charge on any atom is -0.490 e. The van der Waals surface area contributed by atoms with Crippen LogP contribution >= 0.6 is 0 Å². The van der Waals surface area contributed by atoms with Gasteiger partial charge in [0.1, 0.15) is 0 Å². The monoisotopic (exact) mass is 293 g/mol. The van der Waals surface area contributed by atoms with E-state index in [-0.39, 0.29) is 6.04 Å². The Kier molecular flexibility index (Phi) is 6.33. The molecule has 0 spiro atoms. The fourth-order valence-corrected chi connectivity index (χ4v) is 2.23. The Morgan fingerprint density at radius 1 is 1.14 bits per heavy atom. The van der Waals surface area contributed by atoms with Gasteiger partial charge in [-0.3, -0.25) is 0 Å². The van der Waals surface area contributed by atoms with E-state index in [9.17, 15) is 0 Å².